The number of hydrogen-bond donors (Lipinski definition) is 0. The first-order valence-corrected chi connectivity index (χ1v) is 15.3. The number of aromatic nitrogens is 1. The van der Waals surface area contributed by atoms with Crippen molar-refractivity contribution in [1.82, 2.24) is 4.57 Å². The number of thiophene rings is 1. The van der Waals surface area contributed by atoms with Crippen molar-refractivity contribution in [2.45, 2.75) is 19.6 Å². The zero-order chi connectivity index (χ0) is 29.8. The second-order valence-electron chi connectivity index (χ2n) is 9.61. The zero-order valence-electron chi connectivity index (χ0n) is 23.1. The third kappa shape index (κ3) is 5.84. The summed E-state index contributed by atoms with van der Waals surface area (Å²) in [7, 11) is 0. The van der Waals surface area contributed by atoms with Crippen LogP contribution in [-0.4, -0.2) is 17.1 Å². The molecule has 0 fully saturated rings. The maximum Gasteiger partial charge on any atom is 0.338 e. The molecular weight excluding hydrogens is 579 g/mol. The van der Waals surface area contributed by atoms with Gasteiger partial charge in [0.2, 0.25) is 0 Å². The molecule has 3 heterocycles. The SMILES string of the molecule is CCOC(=O)C1=C(c2ccccc2)N=c2s/c(=C\c3ccc(OCc4ccc(C#N)cc4)cc3)c(=O)n2[C@@H]1c1cccs1. The highest BCUT2D eigenvalue weighted by Crippen LogP contribution is 2.36. The lowest BCUT2D eigenvalue weighted by molar-refractivity contribution is -0.138. The summed E-state index contributed by atoms with van der Waals surface area (Å²) in [5.74, 6) is 0.196. The molecule has 43 heavy (non-hydrogen) atoms. The molecule has 0 radical (unpaired) electrons. The van der Waals surface area contributed by atoms with Gasteiger partial charge in [0.1, 0.15) is 18.4 Å². The van der Waals surface area contributed by atoms with E-state index < -0.39 is 12.0 Å². The van der Waals surface area contributed by atoms with Gasteiger partial charge < -0.3 is 9.47 Å². The Morgan fingerprint density at radius 3 is 2.47 bits per heavy atom. The minimum absolute atomic E-state index is 0.208. The molecule has 3 aromatic carbocycles. The van der Waals surface area contributed by atoms with Crippen LogP contribution in [0.1, 0.15) is 40.1 Å². The van der Waals surface area contributed by atoms with Gasteiger partial charge in [-0.15, -0.1) is 11.3 Å². The lowest BCUT2D eigenvalue weighted by Crippen LogP contribution is -2.39. The van der Waals surface area contributed by atoms with Crippen LogP contribution in [0.25, 0.3) is 11.8 Å². The second kappa shape index (κ2) is 12.4. The van der Waals surface area contributed by atoms with E-state index in [4.69, 9.17) is 19.7 Å². The summed E-state index contributed by atoms with van der Waals surface area (Å²) in [5.41, 5.74) is 3.80. The van der Waals surface area contributed by atoms with Crippen LogP contribution in [0.4, 0.5) is 0 Å². The Labute approximate surface area is 255 Å². The molecule has 0 amide bonds. The maximum absolute atomic E-state index is 13.9. The van der Waals surface area contributed by atoms with Gasteiger partial charge in [0, 0.05) is 10.4 Å². The lowest BCUT2D eigenvalue weighted by atomic mass is 9.97. The molecule has 0 spiro atoms. The third-order valence-electron chi connectivity index (χ3n) is 6.85. The third-order valence-corrected chi connectivity index (χ3v) is 8.76. The van der Waals surface area contributed by atoms with Gasteiger partial charge in [0.15, 0.2) is 4.80 Å². The minimum Gasteiger partial charge on any atom is -0.489 e. The Balaban J connectivity index is 1.38. The molecule has 0 unspecified atom stereocenters. The summed E-state index contributed by atoms with van der Waals surface area (Å²) < 4.78 is 13.5. The Morgan fingerprint density at radius 1 is 1.02 bits per heavy atom. The molecule has 212 valence electrons. The number of esters is 1. The topological polar surface area (TPSA) is 93.7 Å². The largest absolute Gasteiger partial charge is 0.489 e. The van der Waals surface area contributed by atoms with Crippen molar-refractivity contribution >= 4 is 40.4 Å². The van der Waals surface area contributed by atoms with Crippen LogP contribution in [-0.2, 0) is 16.1 Å². The molecule has 0 aliphatic carbocycles. The molecule has 1 aliphatic rings. The molecule has 2 aromatic heterocycles. The van der Waals surface area contributed by atoms with Gasteiger partial charge in [-0.3, -0.25) is 9.36 Å². The maximum atomic E-state index is 13.9. The van der Waals surface area contributed by atoms with Crippen molar-refractivity contribution in [2.24, 2.45) is 4.99 Å². The van der Waals surface area contributed by atoms with Gasteiger partial charge in [-0.05, 0) is 59.8 Å². The molecule has 0 saturated heterocycles. The molecular formula is C34H25N3O4S2. The van der Waals surface area contributed by atoms with Crippen molar-refractivity contribution in [3.05, 3.63) is 149 Å². The molecule has 0 saturated carbocycles. The number of fused-ring (bicyclic) bond motifs is 1. The van der Waals surface area contributed by atoms with Gasteiger partial charge in [0.25, 0.3) is 5.56 Å². The number of thiazole rings is 1. The quantitative estimate of drug-likeness (QED) is 0.220. The Kier molecular flexibility index (Phi) is 8.13. The van der Waals surface area contributed by atoms with Crippen molar-refractivity contribution in [3.8, 4) is 11.8 Å². The van der Waals surface area contributed by atoms with Crippen LogP contribution in [0.2, 0.25) is 0 Å². The van der Waals surface area contributed by atoms with Gasteiger partial charge in [0.05, 0.1) is 34.0 Å². The molecule has 5 aromatic rings. The average molecular weight is 604 g/mol. The summed E-state index contributed by atoms with van der Waals surface area (Å²) >= 11 is 2.77. The summed E-state index contributed by atoms with van der Waals surface area (Å²) in [6, 6.07) is 29.5. The van der Waals surface area contributed by atoms with E-state index in [1.54, 1.807) is 23.6 Å². The van der Waals surface area contributed by atoms with Crippen molar-refractivity contribution in [3.63, 3.8) is 0 Å². The summed E-state index contributed by atoms with van der Waals surface area (Å²) in [6.07, 6.45) is 1.83. The first kappa shape index (κ1) is 28.1. The predicted molar refractivity (Wildman–Crippen MR) is 167 cm³/mol. The van der Waals surface area contributed by atoms with Crippen LogP contribution in [0.5, 0.6) is 5.75 Å². The highest BCUT2D eigenvalue weighted by atomic mass is 32.1. The number of rotatable bonds is 8. The number of benzene rings is 3. The van der Waals surface area contributed by atoms with Crippen molar-refractivity contribution < 1.29 is 14.3 Å². The molecule has 0 N–H and O–H groups in total. The number of carbonyl (C=O) groups excluding carboxylic acids is 1. The molecule has 9 heteroatoms. The smallest absolute Gasteiger partial charge is 0.338 e. The van der Waals surface area contributed by atoms with E-state index in [9.17, 15) is 9.59 Å². The first-order chi connectivity index (χ1) is 21.1. The fraction of sp³-hybridized carbons (Fsp3) is 0.118. The van der Waals surface area contributed by atoms with Crippen LogP contribution < -0.4 is 19.6 Å². The zero-order valence-corrected chi connectivity index (χ0v) is 24.7. The number of ether oxygens (including phenoxy) is 2. The van der Waals surface area contributed by atoms with Crippen LogP contribution in [0, 0.1) is 11.3 Å². The monoisotopic (exact) mass is 603 g/mol. The molecule has 1 atom stereocenters. The normalized spacial score (nSPS) is 14.5. The number of nitrogens with zero attached hydrogens (tertiary/aromatic N) is 3. The highest BCUT2D eigenvalue weighted by Gasteiger charge is 2.35. The second-order valence-corrected chi connectivity index (χ2v) is 11.6. The average Bonchev–Trinajstić information content (AvgIpc) is 3.69. The fourth-order valence-corrected chi connectivity index (χ4v) is 6.63. The summed E-state index contributed by atoms with van der Waals surface area (Å²) in [4.78, 5) is 33.6. The van der Waals surface area contributed by atoms with Crippen LogP contribution in [0.15, 0.2) is 112 Å². The molecule has 6 rings (SSSR count). The summed E-state index contributed by atoms with van der Waals surface area (Å²) in [6.45, 7) is 2.34. The van der Waals surface area contributed by atoms with Crippen molar-refractivity contribution in [1.29, 1.82) is 5.26 Å². The van der Waals surface area contributed by atoms with Gasteiger partial charge in [-0.1, -0.05) is 72.0 Å². The standard InChI is InChI=1S/C34H25N3O4S2/c1-2-40-33(39)29-30(25-7-4-3-5-8-25)36-34-37(31(29)27-9-6-18-42-27)32(38)28(43-34)19-22-14-16-26(17-15-22)41-21-24-12-10-23(20-35)11-13-24/h3-19,31H,2,21H2,1H3/b28-19-/t31-/m1/s1. The van der Waals surface area contributed by atoms with E-state index in [2.05, 4.69) is 6.07 Å². The Hall–Kier alpha value is -5.04. The van der Waals surface area contributed by atoms with Crippen LogP contribution >= 0.6 is 22.7 Å². The number of nitriles is 1. The molecule has 7 nitrogen and oxygen atoms in total. The fourth-order valence-electron chi connectivity index (χ4n) is 4.81. The predicted octanol–water partition coefficient (Wildman–Crippen LogP) is 5.45. The van der Waals surface area contributed by atoms with Gasteiger partial charge >= 0.3 is 5.97 Å². The van der Waals surface area contributed by atoms with Crippen LogP contribution in [0.3, 0.4) is 0 Å². The van der Waals surface area contributed by atoms with E-state index in [-0.39, 0.29) is 12.2 Å². The van der Waals surface area contributed by atoms with E-state index in [1.807, 2.05) is 90.3 Å². The van der Waals surface area contributed by atoms with E-state index in [0.717, 1.165) is 21.6 Å². The van der Waals surface area contributed by atoms with E-state index in [1.165, 1.54) is 22.7 Å². The molecule has 0 bridgehead atoms. The van der Waals surface area contributed by atoms with E-state index >= 15 is 0 Å². The highest BCUT2D eigenvalue weighted by molar-refractivity contribution is 7.10. The minimum atomic E-state index is -0.661. The molecule has 1 aliphatic heterocycles. The number of carbonyl (C=O) groups is 1. The van der Waals surface area contributed by atoms with E-state index in [0.29, 0.717) is 38.5 Å². The Bertz CT molecular complexity index is 2020. The van der Waals surface area contributed by atoms with Gasteiger partial charge in [-0.25, -0.2) is 9.79 Å². The first-order valence-electron chi connectivity index (χ1n) is 13.6. The Morgan fingerprint density at radius 2 is 1.79 bits per heavy atom. The van der Waals surface area contributed by atoms with Crippen molar-refractivity contribution in [2.75, 3.05) is 6.61 Å². The summed E-state index contributed by atoms with van der Waals surface area (Å²) in [5, 5.41) is 10.9. The van der Waals surface area contributed by atoms with Gasteiger partial charge in [-0.2, -0.15) is 5.26 Å². The lowest BCUT2D eigenvalue weighted by Gasteiger charge is -2.24. The number of hydrogen-bond acceptors (Lipinski definition) is 8.